The fourth-order valence-corrected chi connectivity index (χ4v) is 2.78. The first-order chi connectivity index (χ1) is 13.3. The SMILES string of the molecule is CC(C)CC(C)(NCC(=O)Nc1ccc(N=Nc2ccccc2)cc1)C(N)=O. The lowest BCUT2D eigenvalue weighted by atomic mass is 9.90. The van der Waals surface area contributed by atoms with Crippen molar-refractivity contribution in [2.75, 3.05) is 11.9 Å². The minimum Gasteiger partial charge on any atom is -0.368 e. The fourth-order valence-electron chi connectivity index (χ4n) is 2.78. The molecule has 2 aromatic rings. The minimum absolute atomic E-state index is 0.0123. The van der Waals surface area contributed by atoms with E-state index in [0.29, 0.717) is 17.8 Å². The van der Waals surface area contributed by atoms with Crippen LogP contribution in [0.5, 0.6) is 0 Å². The second-order valence-corrected chi connectivity index (χ2v) is 7.28. The molecule has 2 rings (SSSR count). The predicted molar refractivity (Wildman–Crippen MR) is 111 cm³/mol. The molecule has 0 spiro atoms. The maximum atomic E-state index is 12.2. The summed E-state index contributed by atoms with van der Waals surface area (Å²) in [6, 6.07) is 16.5. The van der Waals surface area contributed by atoms with Crippen LogP contribution in [0.4, 0.5) is 17.1 Å². The van der Waals surface area contributed by atoms with Gasteiger partial charge in [-0.1, -0.05) is 32.0 Å². The molecule has 0 aliphatic heterocycles. The number of carbonyl (C=O) groups excluding carboxylic acids is 2. The van der Waals surface area contributed by atoms with E-state index in [1.807, 2.05) is 44.2 Å². The van der Waals surface area contributed by atoms with Crippen LogP contribution in [-0.4, -0.2) is 23.9 Å². The third kappa shape index (κ3) is 6.59. The zero-order valence-electron chi connectivity index (χ0n) is 16.5. The molecule has 4 N–H and O–H groups in total. The minimum atomic E-state index is -0.923. The van der Waals surface area contributed by atoms with Crippen LogP contribution in [0.1, 0.15) is 27.2 Å². The van der Waals surface area contributed by atoms with Gasteiger partial charge in [-0.15, -0.1) is 0 Å². The molecular formula is C21H27N5O2. The summed E-state index contributed by atoms with van der Waals surface area (Å²) < 4.78 is 0. The highest BCUT2D eigenvalue weighted by molar-refractivity contribution is 5.93. The van der Waals surface area contributed by atoms with E-state index in [1.54, 1.807) is 31.2 Å². The van der Waals surface area contributed by atoms with E-state index in [4.69, 9.17) is 5.73 Å². The number of nitrogens with one attached hydrogen (secondary N) is 2. The summed E-state index contributed by atoms with van der Waals surface area (Å²) in [5, 5.41) is 14.1. The lowest BCUT2D eigenvalue weighted by molar-refractivity contribution is -0.125. The number of azo groups is 1. The summed E-state index contributed by atoms with van der Waals surface area (Å²) in [6.07, 6.45) is 0.552. The van der Waals surface area contributed by atoms with Gasteiger partial charge in [0.1, 0.15) is 0 Å². The Morgan fingerprint density at radius 1 is 1.00 bits per heavy atom. The van der Waals surface area contributed by atoms with Gasteiger partial charge in [-0.05, 0) is 55.7 Å². The van der Waals surface area contributed by atoms with Gasteiger partial charge in [0, 0.05) is 5.69 Å². The molecule has 2 amide bonds. The number of benzene rings is 2. The molecule has 28 heavy (non-hydrogen) atoms. The third-order valence-electron chi connectivity index (χ3n) is 4.19. The van der Waals surface area contributed by atoms with Crippen molar-refractivity contribution in [2.24, 2.45) is 21.9 Å². The van der Waals surface area contributed by atoms with Gasteiger partial charge in [-0.2, -0.15) is 10.2 Å². The van der Waals surface area contributed by atoms with E-state index in [0.717, 1.165) is 5.69 Å². The largest absolute Gasteiger partial charge is 0.368 e. The maximum Gasteiger partial charge on any atom is 0.238 e. The van der Waals surface area contributed by atoms with Crippen LogP contribution in [0.25, 0.3) is 0 Å². The van der Waals surface area contributed by atoms with Gasteiger partial charge in [0.15, 0.2) is 0 Å². The summed E-state index contributed by atoms with van der Waals surface area (Å²) in [6.45, 7) is 5.70. The first-order valence-corrected chi connectivity index (χ1v) is 9.20. The van der Waals surface area contributed by atoms with Gasteiger partial charge < -0.3 is 11.1 Å². The Bertz CT molecular complexity index is 818. The Morgan fingerprint density at radius 3 is 2.11 bits per heavy atom. The van der Waals surface area contributed by atoms with Crippen LogP contribution in [0.15, 0.2) is 64.8 Å². The van der Waals surface area contributed by atoms with E-state index < -0.39 is 11.4 Å². The lowest BCUT2D eigenvalue weighted by Crippen LogP contribution is -2.55. The van der Waals surface area contributed by atoms with Gasteiger partial charge >= 0.3 is 0 Å². The van der Waals surface area contributed by atoms with E-state index >= 15 is 0 Å². The molecule has 0 saturated carbocycles. The number of carbonyl (C=O) groups is 2. The molecule has 148 valence electrons. The molecule has 0 fully saturated rings. The number of amides is 2. The van der Waals surface area contributed by atoms with E-state index in [2.05, 4.69) is 20.9 Å². The monoisotopic (exact) mass is 381 g/mol. The van der Waals surface area contributed by atoms with Crippen LogP contribution >= 0.6 is 0 Å². The van der Waals surface area contributed by atoms with E-state index in [9.17, 15) is 9.59 Å². The first-order valence-electron chi connectivity index (χ1n) is 9.20. The topological polar surface area (TPSA) is 109 Å². The smallest absolute Gasteiger partial charge is 0.238 e. The standard InChI is InChI=1S/C21H27N5O2/c1-15(2)13-21(3,20(22)28)23-14-19(27)24-16-9-11-18(12-10-16)26-25-17-7-5-4-6-8-17/h4-12,15,23H,13-14H2,1-3H3,(H2,22,28)(H,24,27). The summed E-state index contributed by atoms with van der Waals surface area (Å²) in [5.41, 5.74) is 6.65. The van der Waals surface area contributed by atoms with Crippen LogP contribution in [-0.2, 0) is 9.59 Å². The van der Waals surface area contributed by atoms with Crippen LogP contribution in [0.2, 0.25) is 0 Å². The normalized spacial score (nSPS) is 13.4. The summed E-state index contributed by atoms with van der Waals surface area (Å²) in [7, 11) is 0. The Balaban J connectivity index is 1.90. The lowest BCUT2D eigenvalue weighted by Gasteiger charge is -2.29. The molecule has 0 aliphatic carbocycles. The maximum absolute atomic E-state index is 12.2. The van der Waals surface area contributed by atoms with E-state index in [-0.39, 0.29) is 18.4 Å². The quantitative estimate of drug-likeness (QED) is 0.573. The second-order valence-electron chi connectivity index (χ2n) is 7.28. The average Bonchev–Trinajstić information content (AvgIpc) is 2.66. The van der Waals surface area contributed by atoms with Gasteiger partial charge in [0.05, 0.1) is 23.5 Å². The van der Waals surface area contributed by atoms with Crippen molar-refractivity contribution in [1.82, 2.24) is 5.32 Å². The second kappa shape index (κ2) is 9.75. The number of rotatable bonds is 9. The molecule has 0 heterocycles. The first kappa shape index (κ1) is 21.2. The molecule has 2 aromatic carbocycles. The molecule has 0 aromatic heterocycles. The summed E-state index contributed by atoms with van der Waals surface area (Å²) in [4.78, 5) is 23.9. The molecule has 0 radical (unpaired) electrons. The highest BCUT2D eigenvalue weighted by atomic mass is 16.2. The molecule has 0 aliphatic rings. The molecule has 0 saturated heterocycles. The van der Waals surface area contributed by atoms with Gasteiger partial charge in [-0.3, -0.25) is 14.9 Å². The highest BCUT2D eigenvalue weighted by Crippen LogP contribution is 2.20. The summed E-state index contributed by atoms with van der Waals surface area (Å²) >= 11 is 0. The van der Waals surface area contributed by atoms with Crippen molar-refractivity contribution in [1.29, 1.82) is 0 Å². The molecule has 7 nitrogen and oxygen atoms in total. The zero-order valence-corrected chi connectivity index (χ0v) is 16.5. The van der Waals surface area contributed by atoms with E-state index in [1.165, 1.54) is 0 Å². The van der Waals surface area contributed by atoms with Crippen molar-refractivity contribution in [3.05, 3.63) is 54.6 Å². The van der Waals surface area contributed by atoms with Crippen molar-refractivity contribution < 1.29 is 9.59 Å². The Morgan fingerprint density at radius 2 is 1.57 bits per heavy atom. The van der Waals surface area contributed by atoms with Crippen molar-refractivity contribution in [3.8, 4) is 0 Å². The van der Waals surface area contributed by atoms with Crippen LogP contribution in [0, 0.1) is 5.92 Å². The van der Waals surface area contributed by atoms with Gasteiger partial charge in [-0.25, -0.2) is 0 Å². The number of primary amides is 1. The molecule has 0 bridgehead atoms. The number of hydrogen-bond acceptors (Lipinski definition) is 5. The highest BCUT2D eigenvalue weighted by Gasteiger charge is 2.31. The predicted octanol–water partition coefficient (Wildman–Crippen LogP) is 3.92. The number of nitrogens with two attached hydrogens (primary N) is 1. The Labute approximate surface area is 165 Å². The van der Waals surface area contributed by atoms with Gasteiger partial charge in [0.2, 0.25) is 11.8 Å². The van der Waals surface area contributed by atoms with Gasteiger partial charge in [0.25, 0.3) is 0 Å². The van der Waals surface area contributed by atoms with Crippen LogP contribution < -0.4 is 16.4 Å². The van der Waals surface area contributed by atoms with Crippen molar-refractivity contribution >= 4 is 28.9 Å². The molecule has 1 unspecified atom stereocenters. The fraction of sp³-hybridized carbons (Fsp3) is 0.333. The van der Waals surface area contributed by atoms with Crippen molar-refractivity contribution in [3.63, 3.8) is 0 Å². The number of nitrogens with zero attached hydrogens (tertiary/aromatic N) is 2. The molecule has 7 heteroatoms. The third-order valence-corrected chi connectivity index (χ3v) is 4.19. The number of anilines is 1. The van der Waals surface area contributed by atoms with Crippen LogP contribution in [0.3, 0.4) is 0 Å². The molecular weight excluding hydrogens is 354 g/mol. The average molecular weight is 381 g/mol. The molecule has 1 atom stereocenters. The Hall–Kier alpha value is -3.06. The zero-order chi connectivity index (χ0) is 20.6. The summed E-state index contributed by atoms with van der Waals surface area (Å²) in [5.74, 6) is -0.456. The Kier molecular flexibility index (Phi) is 7.40. The van der Waals surface area contributed by atoms with Crippen molar-refractivity contribution in [2.45, 2.75) is 32.7 Å². The number of hydrogen-bond donors (Lipinski definition) is 3.